The fraction of sp³-hybridized carbons (Fsp3) is 0.429. The highest BCUT2D eigenvalue weighted by atomic mass is 19.4. The quantitative estimate of drug-likeness (QED) is 0.805. The van der Waals surface area contributed by atoms with E-state index in [1.807, 2.05) is 0 Å². The Kier molecular flexibility index (Phi) is 3.24. The van der Waals surface area contributed by atoms with Gasteiger partial charge in [0, 0.05) is 6.54 Å². The largest absolute Gasteiger partial charge is 0.416 e. The van der Waals surface area contributed by atoms with E-state index in [1.54, 1.807) is 4.90 Å². The summed E-state index contributed by atoms with van der Waals surface area (Å²) in [7, 11) is 0. The lowest BCUT2D eigenvalue weighted by molar-refractivity contribution is -0.144. The zero-order valence-corrected chi connectivity index (χ0v) is 11.0. The number of halogens is 3. The van der Waals surface area contributed by atoms with E-state index in [9.17, 15) is 22.8 Å². The molecule has 2 fully saturated rings. The molecule has 3 rings (SSSR count). The standard InChI is InChI=1S/C14H13F3N2O2/c15-14(16,17)9-4-1-3-8(7-9)11-13(21)18-12(20)10-5-2-6-19(10)11/h1,3-4,7,10-11H,2,5-6H2,(H,18,20,21)/t10-,11+/m0/s1. The van der Waals surface area contributed by atoms with Crippen LogP contribution in [0.3, 0.4) is 0 Å². The molecule has 0 unspecified atom stereocenters. The maximum Gasteiger partial charge on any atom is 0.416 e. The summed E-state index contributed by atoms with van der Waals surface area (Å²) in [6.07, 6.45) is -3.09. The van der Waals surface area contributed by atoms with E-state index in [1.165, 1.54) is 12.1 Å². The first-order chi connectivity index (χ1) is 9.88. The van der Waals surface area contributed by atoms with Crippen LogP contribution >= 0.6 is 0 Å². The molecule has 1 aromatic rings. The molecule has 2 heterocycles. The number of carbonyl (C=O) groups is 2. The van der Waals surface area contributed by atoms with Gasteiger partial charge in [-0.25, -0.2) is 0 Å². The second-order valence-corrected chi connectivity index (χ2v) is 5.28. The van der Waals surface area contributed by atoms with Crippen molar-refractivity contribution in [2.45, 2.75) is 31.1 Å². The lowest BCUT2D eigenvalue weighted by atomic mass is 9.98. The molecule has 0 aliphatic carbocycles. The van der Waals surface area contributed by atoms with Gasteiger partial charge in [0.05, 0.1) is 11.6 Å². The maximum atomic E-state index is 12.8. The molecule has 7 heteroatoms. The van der Waals surface area contributed by atoms with Crippen molar-refractivity contribution in [3.8, 4) is 0 Å². The summed E-state index contributed by atoms with van der Waals surface area (Å²) < 4.78 is 38.4. The van der Waals surface area contributed by atoms with Gasteiger partial charge in [-0.15, -0.1) is 0 Å². The van der Waals surface area contributed by atoms with E-state index in [2.05, 4.69) is 5.32 Å². The average molecular weight is 298 g/mol. The molecule has 2 saturated heterocycles. The molecule has 2 aliphatic heterocycles. The van der Waals surface area contributed by atoms with Crippen LogP contribution in [0.4, 0.5) is 13.2 Å². The van der Waals surface area contributed by atoms with Crippen LogP contribution in [0.1, 0.15) is 30.0 Å². The molecule has 0 saturated carbocycles. The van der Waals surface area contributed by atoms with Crippen LogP contribution in [-0.4, -0.2) is 29.3 Å². The highest BCUT2D eigenvalue weighted by Gasteiger charge is 2.45. The summed E-state index contributed by atoms with van der Waals surface area (Å²) in [5.41, 5.74) is -0.526. The lowest BCUT2D eigenvalue weighted by Crippen LogP contribution is -2.56. The fourth-order valence-corrected chi connectivity index (χ4v) is 3.03. The Labute approximate surface area is 118 Å². The Morgan fingerprint density at radius 3 is 2.67 bits per heavy atom. The van der Waals surface area contributed by atoms with Crippen LogP contribution in [0.15, 0.2) is 24.3 Å². The summed E-state index contributed by atoms with van der Waals surface area (Å²) in [4.78, 5) is 25.5. The zero-order valence-electron chi connectivity index (χ0n) is 11.0. The molecule has 2 atom stereocenters. The van der Waals surface area contributed by atoms with Gasteiger partial charge in [0.2, 0.25) is 11.8 Å². The number of piperazine rings is 1. The maximum absolute atomic E-state index is 12.8. The van der Waals surface area contributed by atoms with Crippen molar-refractivity contribution in [2.24, 2.45) is 0 Å². The van der Waals surface area contributed by atoms with Gasteiger partial charge >= 0.3 is 6.18 Å². The van der Waals surface area contributed by atoms with Gasteiger partial charge in [-0.1, -0.05) is 12.1 Å². The van der Waals surface area contributed by atoms with E-state index < -0.39 is 29.7 Å². The smallest absolute Gasteiger partial charge is 0.293 e. The summed E-state index contributed by atoms with van der Waals surface area (Å²) in [6, 6.07) is 3.46. The molecule has 2 aliphatic rings. The normalized spacial score (nSPS) is 26.6. The monoisotopic (exact) mass is 298 g/mol. The third-order valence-corrected chi connectivity index (χ3v) is 3.95. The minimum atomic E-state index is -4.46. The Hall–Kier alpha value is -1.89. The first-order valence-electron chi connectivity index (χ1n) is 6.65. The van der Waals surface area contributed by atoms with E-state index in [-0.39, 0.29) is 11.5 Å². The van der Waals surface area contributed by atoms with Crippen LogP contribution < -0.4 is 5.32 Å². The highest BCUT2D eigenvalue weighted by Crippen LogP contribution is 2.35. The van der Waals surface area contributed by atoms with Crippen LogP contribution in [0.25, 0.3) is 0 Å². The van der Waals surface area contributed by atoms with E-state index in [4.69, 9.17) is 0 Å². The van der Waals surface area contributed by atoms with Crippen molar-refractivity contribution >= 4 is 11.8 Å². The van der Waals surface area contributed by atoms with Gasteiger partial charge in [-0.05, 0) is 30.5 Å². The minimum Gasteiger partial charge on any atom is -0.293 e. The van der Waals surface area contributed by atoms with E-state index in [0.717, 1.165) is 18.6 Å². The molecule has 0 spiro atoms. The van der Waals surface area contributed by atoms with E-state index in [0.29, 0.717) is 13.0 Å². The Bertz CT molecular complexity index is 600. The molecule has 21 heavy (non-hydrogen) atoms. The number of hydrogen-bond acceptors (Lipinski definition) is 3. The summed E-state index contributed by atoms with van der Waals surface area (Å²) in [5.74, 6) is -0.918. The predicted octanol–water partition coefficient (Wildman–Crippen LogP) is 1.87. The van der Waals surface area contributed by atoms with Crippen LogP contribution in [0.5, 0.6) is 0 Å². The van der Waals surface area contributed by atoms with Gasteiger partial charge in [-0.3, -0.25) is 19.8 Å². The Balaban J connectivity index is 1.99. The van der Waals surface area contributed by atoms with Crippen molar-refractivity contribution in [3.05, 3.63) is 35.4 Å². The number of carbonyl (C=O) groups excluding carboxylic acids is 2. The second-order valence-electron chi connectivity index (χ2n) is 5.28. The van der Waals surface area contributed by atoms with Crippen LogP contribution in [0.2, 0.25) is 0 Å². The SMILES string of the molecule is O=C1NC(=O)[C@@H](c2cccc(C(F)(F)F)c2)N2CCC[C@@H]12. The lowest BCUT2D eigenvalue weighted by Gasteiger charge is -2.36. The third kappa shape index (κ3) is 2.42. The number of nitrogens with one attached hydrogen (secondary N) is 1. The number of fused-ring (bicyclic) bond motifs is 1. The van der Waals surface area contributed by atoms with Gasteiger partial charge in [0.1, 0.15) is 6.04 Å². The van der Waals surface area contributed by atoms with Gasteiger partial charge in [0.15, 0.2) is 0 Å². The number of imide groups is 1. The van der Waals surface area contributed by atoms with Crippen molar-refractivity contribution in [1.82, 2.24) is 10.2 Å². The zero-order chi connectivity index (χ0) is 15.2. The number of alkyl halides is 3. The molecule has 1 N–H and O–H groups in total. The molecular weight excluding hydrogens is 285 g/mol. The minimum absolute atomic E-state index is 0.265. The second kappa shape index (κ2) is 4.84. The summed E-state index contributed by atoms with van der Waals surface area (Å²) in [6.45, 7) is 0.532. The van der Waals surface area contributed by atoms with Gasteiger partial charge in [-0.2, -0.15) is 13.2 Å². The van der Waals surface area contributed by atoms with Crippen molar-refractivity contribution in [1.29, 1.82) is 0 Å². The van der Waals surface area contributed by atoms with Gasteiger partial charge < -0.3 is 0 Å². The van der Waals surface area contributed by atoms with Gasteiger partial charge in [0.25, 0.3) is 0 Å². The average Bonchev–Trinajstić information content (AvgIpc) is 2.87. The molecular formula is C14H13F3N2O2. The van der Waals surface area contributed by atoms with Crippen molar-refractivity contribution in [2.75, 3.05) is 6.54 Å². The van der Waals surface area contributed by atoms with Crippen molar-refractivity contribution in [3.63, 3.8) is 0 Å². The summed E-state index contributed by atoms with van der Waals surface area (Å²) >= 11 is 0. The van der Waals surface area contributed by atoms with Crippen molar-refractivity contribution < 1.29 is 22.8 Å². The predicted molar refractivity (Wildman–Crippen MR) is 67.1 cm³/mol. The molecule has 1 aromatic carbocycles. The Morgan fingerprint density at radius 2 is 1.95 bits per heavy atom. The number of rotatable bonds is 1. The molecule has 0 aromatic heterocycles. The molecule has 2 amide bonds. The fourth-order valence-electron chi connectivity index (χ4n) is 3.03. The molecule has 0 bridgehead atoms. The number of hydrogen-bond donors (Lipinski definition) is 1. The first-order valence-corrected chi connectivity index (χ1v) is 6.65. The third-order valence-electron chi connectivity index (χ3n) is 3.95. The molecule has 0 radical (unpaired) electrons. The molecule has 4 nitrogen and oxygen atoms in total. The first kappa shape index (κ1) is 14.1. The van der Waals surface area contributed by atoms with Crippen LogP contribution in [-0.2, 0) is 15.8 Å². The van der Waals surface area contributed by atoms with E-state index >= 15 is 0 Å². The summed E-state index contributed by atoms with van der Waals surface area (Å²) in [5, 5.41) is 2.26. The number of nitrogens with zero attached hydrogens (tertiary/aromatic N) is 1. The van der Waals surface area contributed by atoms with Crippen LogP contribution in [0, 0.1) is 0 Å². The number of benzene rings is 1. The Morgan fingerprint density at radius 1 is 1.19 bits per heavy atom. The highest BCUT2D eigenvalue weighted by molar-refractivity contribution is 6.03. The number of amides is 2. The topological polar surface area (TPSA) is 49.4 Å². The molecule has 112 valence electrons.